The predicted molar refractivity (Wildman–Crippen MR) is 82.2 cm³/mol. The zero-order chi connectivity index (χ0) is 15.2. The van der Waals surface area contributed by atoms with Crippen LogP contribution in [0.5, 0.6) is 0 Å². The molecule has 1 saturated carbocycles. The lowest BCUT2D eigenvalue weighted by atomic mass is 9.66. The molecule has 2 rings (SSSR count). The summed E-state index contributed by atoms with van der Waals surface area (Å²) in [6.45, 7) is 4.14. The van der Waals surface area contributed by atoms with E-state index in [0.29, 0.717) is 6.61 Å². The molecule has 122 valence electrons. The molecular formula is C16H30N2O3. The van der Waals surface area contributed by atoms with Gasteiger partial charge in [-0.1, -0.05) is 6.42 Å². The van der Waals surface area contributed by atoms with Gasteiger partial charge in [0.25, 0.3) is 0 Å². The summed E-state index contributed by atoms with van der Waals surface area (Å²) in [6, 6.07) is 0. The van der Waals surface area contributed by atoms with E-state index in [2.05, 4.69) is 10.6 Å². The minimum atomic E-state index is -0.169. The third kappa shape index (κ3) is 3.96. The first-order valence-corrected chi connectivity index (χ1v) is 8.13. The molecule has 1 heterocycles. The summed E-state index contributed by atoms with van der Waals surface area (Å²) in [5, 5.41) is 6.61. The van der Waals surface area contributed by atoms with E-state index in [1.54, 1.807) is 14.2 Å². The second-order valence-corrected chi connectivity index (χ2v) is 6.74. The molecule has 0 aromatic carbocycles. The topological polar surface area (TPSA) is 59.6 Å². The van der Waals surface area contributed by atoms with Crippen LogP contribution in [0, 0.1) is 10.8 Å². The van der Waals surface area contributed by atoms with Crippen LogP contribution in [0.3, 0.4) is 0 Å². The number of hydrogen-bond donors (Lipinski definition) is 2. The summed E-state index contributed by atoms with van der Waals surface area (Å²) >= 11 is 0. The van der Waals surface area contributed by atoms with Gasteiger partial charge >= 0.3 is 0 Å². The van der Waals surface area contributed by atoms with Crippen LogP contribution in [0.25, 0.3) is 0 Å². The lowest BCUT2D eigenvalue weighted by Crippen LogP contribution is -2.52. The molecule has 1 aliphatic heterocycles. The molecule has 5 heteroatoms. The SMILES string of the molecule is COCCC1(C(=O)NCC2(COC)CCNCC2)CCC1. The summed E-state index contributed by atoms with van der Waals surface area (Å²) in [7, 11) is 3.45. The third-order valence-corrected chi connectivity index (χ3v) is 5.32. The van der Waals surface area contributed by atoms with Gasteiger partial charge in [-0.15, -0.1) is 0 Å². The highest BCUT2D eigenvalue weighted by atomic mass is 16.5. The summed E-state index contributed by atoms with van der Waals surface area (Å²) in [4.78, 5) is 12.6. The van der Waals surface area contributed by atoms with E-state index in [1.807, 2.05) is 0 Å². The Labute approximate surface area is 128 Å². The van der Waals surface area contributed by atoms with E-state index < -0.39 is 0 Å². The van der Waals surface area contributed by atoms with Gasteiger partial charge in [-0.2, -0.15) is 0 Å². The Kier molecular flexibility index (Phi) is 6.02. The van der Waals surface area contributed by atoms with Crippen LogP contribution >= 0.6 is 0 Å². The van der Waals surface area contributed by atoms with E-state index in [1.165, 1.54) is 0 Å². The first-order chi connectivity index (χ1) is 10.2. The number of carbonyl (C=O) groups is 1. The van der Waals surface area contributed by atoms with Gasteiger partial charge in [-0.3, -0.25) is 4.79 Å². The van der Waals surface area contributed by atoms with Crippen molar-refractivity contribution in [1.82, 2.24) is 10.6 Å². The Morgan fingerprint density at radius 2 is 1.86 bits per heavy atom. The molecule has 2 aliphatic rings. The van der Waals surface area contributed by atoms with Crippen molar-refractivity contribution in [2.75, 3.05) is 47.1 Å². The number of carbonyl (C=O) groups excluding carboxylic acids is 1. The molecule has 1 saturated heterocycles. The number of methoxy groups -OCH3 is 2. The monoisotopic (exact) mass is 298 g/mol. The van der Waals surface area contributed by atoms with Gasteiger partial charge in [0.1, 0.15) is 0 Å². The Balaban J connectivity index is 1.88. The van der Waals surface area contributed by atoms with Crippen LogP contribution in [0.15, 0.2) is 0 Å². The number of rotatable bonds is 8. The van der Waals surface area contributed by atoms with E-state index in [-0.39, 0.29) is 16.7 Å². The van der Waals surface area contributed by atoms with E-state index >= 15 is 0 Å². The second kappa shape index (κ2) is 7.56. The highest BCUT2D eigenvalue weighted by molar-refractivity contribution is 5.83. The minimum absolute atomic E-state index is 0.0991. The maximum atomic E-state index is 12.6. The lowest BCUT2D eigenvalue weighted by molar-refractivity contribution is -0.138. The number of nitrogens with one attached hydrogen (secondary N) is 2. The fourth-order valence-electron chi connectivity index (χ4n) is 3.58. The van der Waals surface area contributed by atoms with Crippen molar-refractivity contribution in [3.8, 4) is 0 Å². The molecule has 0 spiro atoms. The van der Waals surface area contributed by atoms with Crippen LogP contribution in [0.1, 0.15) is 38.5 Å². The van der Waals surface area contributed by atoms with Crippen LogP contribution in [-0.4, -0.2) is 53.0 Å². The van der Waals surface area contributed by atoms with Gasteiger partial charge in [0.05, 0.1) is 12.0 Å². The number of piperidine rings is 1. The summed E-state index contributed by atoms with van der Waals surface area (Å²) in [6.07, 6.45) is 6.12. The van der Waals surface area contributed by atoms with Gasteiger partial charge < -0.3 is 20.1 Å². The molecule has 1 aliphatic carbocycles. The van der Waals surface area contributed by atoms with Crippen LogP contribution in [0.4, 0.5) is 0 Å². The molecule has 0 radical (unpaired) electrons. The van der Waals surface area contributed by atoms with Crippen molar-refractivity contribution < 1.29 is 14.3 Å². The zero-order valence-electron chi connectivity index (χ0n) is 13.5. The highest BCUT2D eigenvalue weighted by Gasteiger charge is 2.44. The Morgan fingerprint density at radius 1 is 1.14 bits per heavy atom. The molecule has 0 bridgehead atoms. The average Bonchev–Trinajstić information content (AvgIpc) is 2.45. The Bertz CT molecular complexity index is 331. The van der Waals surface area contributed by atoms with Crippen molar-refractivity contribution >= 4 is 5.91 Å². The first kappa shape index (κ1) is 16.7. The highest BCUT2D eigenvalue weighted by Crippen LogP contribution is 2.44. The molecule has 21 heavy (non-hydrogen) atoms. The number of ether oxygens (including phenoxy) is 2. The van der Waals surface area contributed by atoms with Crippen LogP contribution in [-0.2, 0) is 14.3 Å². The fraction of sp³-hybridized carbons (Fsp3) is 0.938. The van der Waals surface area contributed by atoms with Gasteiger partial charge in [-0.05, 0) is 45.2 Å². The molecule has 0 aromatic heterocycles. The van der Waals surface area contributed by atoms with Gasteiger partial charge in [0, 0.05) is 32.8 Å². The van der Waals surface area contributed by atoms with Crippen molar-refractivity contribution in [2.24, 2.45) is 10.8 Å². The van der Waals surface area contributed by atoms with E-state index in [9.17, 15) is 4.79 Å². The average molecular weight is 298 g/mol. The van der Waals surface area contributed by atoms with Gasteiger partial charge in [0.15, 0.2) is 0 Å². The zero-order valence-corrected chi connectivity index (χ0v) is 13.5. The van der Waals surface area contributed by atoms with E-state index in [4.69, 9.17) is 9.47 Å². The molecule has 0 unspecified atom stereocenters. The standard InChI is InChI=1S/C16H30N2O3/c1-20-11-8-16(4-3-5-16)14(19)18-12-15(13-21-2)6-9-17-10-7-15/h17H,3-13H2,1-2H3,(H,18,19). The molecule has 2 fully saturated rings. The van der Waals surface area contributed by atoms with Gasteiger partial charge in [0.2, 0.25) is 5.91 Å². The van der Waals surface area contributed by atoms with E-state index in [0.717, 1.165) is 64.8 Å². The van der Waals surface area contributed by atoms with Crippen molar-refractivity contribution in [1.29, 1.82) is 0 Å². The third-order valence-electron chi connectivity index (χ3n) is 5.32. The quantitative estimate of drug-likeness (QED) is 0.710. The molecule has 5 nitrogen and oxygen atoms in total. The smallest absolute Gasteiger partial charge is 0.226 e. The lowest BCUT2D eigenvalue weighted by Gasteiger charge is -2.42. The molecule has 0 atom stereocenters. The molecule has 0 aromatic rings. The summed E-state index contributed by atoms with van der Waals surface area (Å²) < 4.78 is 10.6. The first-order valence-electron chi connectivity index (χ1n) is 8.13. The van der Waals surface area contributed by atoms with Crippen molar-refractivity contribution in [3.05, 3.63) is 0 Å². The summed E-state index contributed by atoms with van der Waals surface area (Å²) in [5.74, 6) is 0.222. The Hall–Kier alpha value is -0.650. The molecular weight excluding hydrogens is 268 g/mol. The molecule has 1 amide bonds. The Morgan fingerprint density at radius 3 is 2.38 bits per heavy atom. The normalized spacial score (nSPS) is 23.3. The van der Waals surface area contributed by atoms with Crippen LogP contribution < -0.4 is 10.6 Å². The van der Waals surface area contributed by atoms with Crippen LogP contribution in [0.2, 0.25) is 0 Å². The van der Waals surface area contributed by atoms with Crippen molar-refractivity contribution in [2.45, 2.75) is 38.5 Å². The number of amides is 1. The molecule has 2 N–H and O–H groups in total. The second-order valence-electron chi connectivity index (χ2n) is 6.74. The fourth-order valence-corrected chi connectivity index (χ4v) is 3.58. The maximum Gasteiger partial charge on any atom is 0.226 e. The minimum Gasteiger partial charge on any atom is -0.385 e. The summed E-state index contributed by atoms with van der Waals surface area (Å²) in [5.41, 5.74) is -0.0704. The number of hydrogen-bond acceptors (Lipinski definition) is 4. The largest absolute Gasteiger partial charge is 0.385 e. The maximum absolute atomic E-state index is 12.6. The predicted octanol–water partition coefficient (Wildman–Crippen LogP) is 1.33. The van der Waals surface area contributed by atoms with Gasteiger partial charge in [-0.25, -0.2) is 0 Å². The van der Waals surface area contributed by atoms with Crippen molar-refractivity contribution in [3.63, 3.8) is 0 Å².